The Labute approximate surface area is 175 Å². The van der Waals surface area contributed by atoms with E-state index in [0.717, 1.165) is 28.8 Å². The first kappa shape index (κ1) is 18.3. The summed E-state index contributed by atoms with van der Waals surface area (Å²) >= 11 is 0. The fraction of sp³-hybridized carbons (Fsp3) is 0.160. The molecule has 0 aliphatic carbocycles. The summed E-state index contributed by atoms with van der Waals surface area (Å²) in [5.74, 6) is -0.496. The molecule has 2 aliphatic heterocycles. The number of hydrogen-bond donors (Lipinski definition) is 0. The first-order valence-electron chi connectivity index (χ1n) is 10.1. The molecule has 2 amide bonds. The number of carbonyl (C=O) groups excluding carboxylic acids is 2. The molecule has 5 heteroatoms. The van der Waals surface area contributed by atoms with Gasteiger partial charge in [0.25, 0.3) is 11.8 Å². The Bertz CT molecular complexity index is 1170. The van der Waals surface area contributed by atoms with Gasteiger partial charge in [0.15, 0.2) is 0 Å². The van der Waals surface area contributed by atoms with E-state index < -0.39 is 0 Å². The smallest absolute Gasteiger partial charge is 0.278 e. The minimum absolute atomic E-state index is 0.231. The Kier molecular flexibility index (Phi) is 4.43. The van der Waals surface area contributed by atoms with E-state index in [2.05, 4.69) is 11.1 Å². The molecule has 0 fully saturated rings. The molecule has 0 unspecified atom stereocenters. The second-order valence-electron chi connectivity index (χ2n) is 7.67. The van der Waals surface area contributed by atoms with Gasteiger partial charge < -0.3 is 4.90 Å². The number of pyridine rings is 1. The van der Waals surface area contributed by atoms with Crippen LogP contribution in [0.3, 0.4) is 0 Å². The van der Waals surface area contributed by atoms with Crippen molar-refractivity contribution in [1.29, 1.82) is 0 Å². The first-order valence-corrected chi connectivity index (χ1v) is 10.1. The molecule has 0 N–H and O–H groups in total. The number of anilines is 1. The number of imide groups is 1. The predicted molar refractivity (Wildman–Crippen MR) is 115 cm³/mol. The fourth-order valence-corrected chi connectivity index (χ4v) is 4.18. The molecule has 30 heavy (non-hydrogen) atoms. The van der Waals surface area contributed by atoms with E-state index in [1.54, 1.807) is 12.4 Å². The van der Waals surface area contributed by atoms with Crippen LogP contribution in [0.2, 0.25) is 0 Å². The number of nitrogens with zero attached hydrogens (tertiary/aromatic N) is 3. The summed E-state index contributed by atoms with van der Waals surface area (Å²) in [5.41, 5.74) is 5.91. The van der Waals surface area contributed by atoms with E-state index in [-0.39, 0.29) is 18.4 Å². The van der Waals surface area contributed by atoms with Crippen LogP contribution < -0.4 is 4.90 Å². The summed E-state index contributed by atoms with van der Waals surface area (Å²) in [4.78, 5) is 34.4. The highest BCUT2D eigenvalue weighted by atomic mass is 16.2. The van der Waals surface area contributed by atoms with Crippen LogP contribution >= 0.6 is 0 Å². The number of rotatable bonds is 4. The van der Waals surface area contributed by atoms with Gasteiger partial charge in [-0.15, -0.1) is 0 Å². The summed E-state index contributed by atoms with van der Waals surface area (Å²) in [7, 11) is 0. The first-order chi connectivity index (χ1) is 14.6. The SMILES string of the molecule is Cc1ccc(C2=C(N3CCc4ccccc43)C(=O)N(Cc3ccncc3)C2=O)cc1. The van der Waals surface area contributed by atoms with Gasteiger partial charge in [-0.25, -0.2) is 0 Å². The fourth-order valence-electron chi connectivity index (χ4n) is 4.18. The lowest BCUT2D eigenvalue weighted by Crippen LogP contribution is -2.34. The van der Waals surface area contributed by atoms with Crippen LogP contribution in [0.15, 0.2) is 78.8 Å². The lowest BCUT2D eigenvalue weighted by atomic mass is 10.0. The van der Waals surface area contributed by atoms with E-state index in [4.69, 9.17) is 0 Å². The normalized spacial score (nSPS) is 15.9. The third-order valence-electron chi connectivity index (χ3n) is 5.73. The highest BCUT2D eigenvalue weighted by molar-refractivity contribution is 6.36. The van der Waals surface area contributed by atoms with Crippen LogP contribution in [0.5, 0.6) is 0 Å². The quantitative estimate of drug-likeness (QED) is 0.632. The van der Waals surface area contributed by atoms with Gasteiger partial charge in [-0.1, -0.05) is 48.0 Å². The minimum atomic E-state index is -0.250. The zero-order valence-corrected chi connectivity index (χ0v) is 16.7. The average Bonchev–Trinajstić information content (AvgIpc) is 3.29. The summed E-state index contributed by atoms with van der Waals surface area (Å²) < 4.78 is 0. The monoisotopic (exact) mass is 395 g/mol. The van der Waals surface area contributed by atoms with Gasteiger partial charge in [0, 0.05) is 24.6 Å². The molecule has 5 nitrogen and oxygen atoms in total. The number of para-hydroxylation sites is 1. The van der Waals surface area contributed by atoms with Crippen molar-refractivity contribution in [3.05, 3.63) is 101 Å². The van der Waals surface area contributed by atoms with Crippen molar-refractivity contribution in [3.63, 3.8) is 0 Å². The lowest BCUT2D eigenvalue weighted by Gasteiger charge is -2.21. The van der Waals surface area contributed by atoms with Crippen molar-refractivity contribution < 1.29 is 9.59 Å². The Morgan fingerprint density at radius 1 is 0.900 bits per heavy atom. The molecule has 148 valence electrons. The number of benzene rings is 2. The topological polar surface area (TPSA) is 53.5 Å². The third-order valence-corrected chi connectivity index (χ3v) is 5.73. The second-order valence-corrected chi connectivity index (χ2v) is 7.67. The Morgan fingerprint density at radius 3 is 2.40 bits per heavy atom. The molecule has 3 heterocycles. The minimum Gasteiger partial charge on any atom is -0.336 e. The molecule has 0 bridgehead atoms. The third kappa shape index (κ3) is 2.99. The molecule has 3 aromatic rings. The van der Waals surface area contributed by atoms with Gasteiger partial charge >= 0.3 is 0 Å². The molecule has 0 saturated carbocycles. The van der Waals surface area contributed by atoms with Crippen LogP contribution in [0.1, 0.15) is 22.3 Å². The van der Waals surface area contributed by atoms with Crippen molar-refractivity contribution in [2.75, 3.05) is 11.4 Å². The van der Waals surface area contributed by atoms with Gasteiger partial charge in [0.2, 0.25) is 0 Å². The van der Waals surface area contributed by atoms with Crippen molar-refractivity contribution in [2.24, 2.45) is 0 Å². The molecule has 1 aromatic heterocycles. The molecule has 5 rings (SSSR count). The van der Waals surface area contributed by atoms with Crippen molar-refractivity contribution in [1.82, 2.24) is 9.88 Å². The predicted octanol–water partition coefficient (Wildman–Crippen LogP) is 3.73. The van der Waals surface area contributed by atoms with Crippen LogP contribution in [-0.4, -0.2) is 28.2 Å². The van der Waals surface area contributed by atoms with Crippen molar-refractivity contribution in [2.45, 2.75) is 19.9 Å². The van der Waals surface area contributed by atoms with Crippen LogP contribution in [-0.2, 0) is 22.6 Å². The maximum atomic E-state index is 13.6. The average molecular weight is 395 g/mol. The summed E-state index contributed by atoms with van der Waals surface area (Å²) in [6, 6.07) is 19.5. The van der Waals surface area contributed by atoms with E-state index >= 15 is 0 Å². The number of hydrogen-bond acceptors (Lipinski definition) is 4. The van der Waals surface area contributed by atoms with E-state index in [9.17, 15) is 9.59 Å². The molecular formula is C25H21N3O2. The van der Waals surface area contributed by atoms with Crippen molar-refractivity contribution in [3.8, 4) is 0 Å². The zero-order valence-electron chi connectivity index (χ0n) is 16.7. The van der Waals surface area contributed by atoms with Crippen LogP contribution in [0.25, 0.3) is 5.57 Å². The van der Waals surface area contributed by atoms with E-state index in [0.29, 0.717) is 17.8 Å². The number of aromatic nitrogens is 1. The summed E-state index contributed by atoms with van der Waals surface area (Å²) in [6.07, 6.45) is 4.20. The number of aryl methyl sites for hydroxylation is 1. The molecule has 0 radical (unpaired) electrons. The van der Waals surface area contributed by atoms with Gasteiger partial charge in [-0.3, -0.25) is 19.5 Å². The maximum Gasteiger partial charge on any atom is 0.278 e. The number of carbonyl (C=O) groups is 2. The Balaban J connectivity index is 1.62. The number of amides is 2. The maximum absolute atomic E-state index is 13.6. The lowest BCUT2D eigenvalue weighted by molar-refractivity contribution is -0.137. The highest BCUT2D eigenvalue weighted by Gasteiger charge is 2.43. The van der Waals surface area contributed by atoms with Gasteiger partial charge in [-0.05, 0) is 48.2 Å². The number of fused-ring (bicyclic) bond motifs is 1. The van der Waals surface area contributed by atoms with Crippen LogP contribution in [0.4, 0.5) is 5.69 Å². The zero-order chi connectivity index (χ0) is 20.7. The second kappa shape index (κ2) is 7.26. The molecule has 2 aliphatic rings. The molecule has 0 atom stereocenters. The van der Waals surface area contributed by atoms with E-state index in [1.165, 1.54) is 10.5 Å². The molecule has 2 aromatic carbocycles. The van der Waals surface area contributed by atoms with Gasteiger partial charge in [0.1, 0.15) is 5.70 Å². The largest absolute Gasteiger partial charge is 0.336 e. The van der Waals surface area contributed by atoms with Crippen LogP contribution in [0, 0.1) is 6.92 Å². The molecular weight excluding hydrogens is 374 g/mol. The van der Waals surface area contributed by atoms with Gasteiger partial charge in [-0.2, -0.15) is 0 Å². The molecule has 0 saturated heterocycles. The van der Waals surface area contributed by atoms with Crippen molar-refractivity contribution >= 4 is 23.1 Å². The highest BCUT2D eigenvalue weighted by Crippen LogP contribution is 2.38. The summed E-state index contributed by atoms with van der Waals surface area (Å²) in [6.45, 7) is 2.92. The summed E-state index contributed by atoms with van der Waals surface area (Å²) in [5, 5.41) is 0. The van der Waals surface area contributed by atoms with Gasteiger partial charge in [0.05, 0.1) is 12.1 Å². The van der Waals surface area contributed by atoms with E-state index in [1.807, 2.05) is 66.4 Å². The standard InChI is InChI=1S/C25H21N3O2/c1-17-6-8-20(9-7-17)22-23(27-15-12-19-4-2-3-5-21(19)27)25(30)28(24(22)29)16-18-10-13-26-14-11-18/h2-11,13-14H,12,15-16H2,1H3. The Hall–Kier alpha value is -3.73. The Morgan fingerprint density at radius 2 is 1.63 bits per heavy atom. The molecule has 0 spiro atoms.